The zero-order valence-corrected chi connectivity index (χ0v) is 17.3. The number of halogens is 2. The SMILES string of the molecule is Cc1ccc(-n2nnnc2SCC(=O)NCCc2ccc(OC(F)F)cc2)cc1C. The van der Waals surface area contributed by atoms with Gasteiger partial charge in [0, 0.05) is 6.54 Å². The number of benzene rings is 2. The topological polar surface area (TPSA) is 81.9 Å². The first-order chi connectivity index (χ1) is 14.4. The molecule has 2 aromatic carbocycles. The van der Waals surface area contributed by atoms with Crippen LogP contribution in [-0.4, -0.2) is 45.0 Å². The van der Waals surface area contributed by atoms with Gasteiger partial charge in [-0.2, -0.15) is 13.5 Å². The molecule has 1 amide bonds. The van der Waals surface area contributed by atoms with Gasteiger partial charge in [0.25, 0.3) is 0 Å². The van der Waals surface area contributed by atoms with E-state index in [4.69, 9.17) is 0 Å². The maximum atomic E-state index is 12.2. The molecule has 0 atom stereocenters. The molecule has 1 N–H and O–H groups in total. The Bertz CT molecular complexity index is 995. The van der Waals surface area contributed by atoms with Crippen molar-refractivity contribution in [2.45, 2.75) is 32.0 Å². The van der Waals surface area contributed by atoms with Crippen LogP contribution in [0.15, 0.2) is 47.6 Å². The van der Waals surface area contributed by atoms with Gasteiger partial charge < -0.3 is 10.1 Å². The number of ether oxygens (including phenoxy) is 1. The minimum atomic E-state index is -2.84. The van der Waals surface area contributed by atoms with Gasteiger partial charge >= 0.3 is 6.61 Å². The first kappa shape index (κ1) is 21.7. The molecule has 0 fully saturated rings. The van der Waals surface area contributed by atoms with Crippen LogP contribution in [0.1, 0.15) is 16.7 Å². The number of hydrogen-bond acceptors (Lipinski definition) is 6. The highest BCUT2D eigenvalue weighted by Gasteiger charge is 2.12. The molecule has 0 radical (unpaired) electrons. The molecular formula is C20H21F2N5O2S. The summed E-state index contributed by atoms with van der Waals surface area (Å²) in [5.74, 6) is 0.134. The lowest BCUT2D eigenvalue weighted by molar-refractivity contribution is -0.118. The van der Waals surface area contributed by atoms with Crippen LogP contribution in [0.4, 0.5) is 8.78 Å². The van der Waals surface area contributed by atoms with Crippen LogP contribution in [0.25, 0.3) is 5.69 Å². The van der Waals surface area contributed by atoms with E-state index in [0.717, 1.165) is 16.8 Å². The lowest BCUT2D eigenvalue weighted by Gasteiger charge is -2.08. The highest BCUT2D eigenvalue weighted by Crippen LogP contribution is 2.20. The molecule has 0 saturated heterocycles. The fourth-order valence-corrected chi connectivity index (χ4v) is 3.37. The smallest absolute Gasteiger partial charge is 0.387 e. The number of nitrogens with zero attached hydrogens (tertiary/aromatic N) is 4. The van der Waals surface area contributed by atoms with Crippen LogP contribution in [0.3, 0.4) is 0 Å². The number of thioether (sulfide) groups is 1. The molecule has 0 aliphatic heterocycles. The van der Waals surface area contributed by atoms with Gasteiger partial charge in [-0.3, -0.25) is 4.79 Å². The minimum absolute atomic E-state index is 0.107. The largest absolute Gasteiger partial charge is 0.435 e. The summed E-state index contributed by atoms with van der Waals surface area (Å²) in [7, 11) is 0. The molecule has 0 aliphatic carbocycles. The van der Waals surface area contributed by atoms with Crippen LogP contribution in [0.5, 0.6) is 5.75 Å². The molecular weight excluding hydrogens is 412 g/mol. The molecule has 10 heteroatoms. The van der Waals surface area contributed by atoms with E-state index in [-0.39, 0.29) is 17.4 Å². The first-order valence-corrected chi connectivity index (χ1v) is 10.2. The highest BCUT2D eigenvalue weighted by atomic mass is 32.2. The number of hydrogen-bond donors (Lipinski definition) is 1. The van der Waals surface area contributed by atoms with Crippen LogP contribution in [0.2, 0.25) is 0 Å². The lowest BCUT2D eigenvalue weighted by atomic mass is 10.1. The molecule has 1 heterocycles. The highest BCUT2D eigenvalue weighted by molar-refractivity contribution is 7.99. The Morgan fingerprint density at radius 2 is 1.93 bits per heavy atom. The third-order valence-electron chi connectivity index (χ3n) is 4.39. The number of nitrogens with one attached hydrogen (secondary N) is 1. The van der Waals surface area contributed by atoms with Crippen molar-refractivity contribution >= 4 is 17.7 Å². The van der Waals surface area contributed by atoms with Gasteiger partial charge in [0.05, 0.1) is 11.4 Å². The Balaban J connectivity index is 1.46. The van der Waals surface area contributed by atoms with Crippen LogP contribution >= 0.6 is 11.8 Å². The molecule has 30 heavy (non-hydrogen) atoms. The standard InChI is InChI=1S/C20H21F2N5O2S/c1-13-3-6-16(11-14(13)2)27-20(24-25-26-27)30-12-18(28)23-10-9-15-4-7-17(8-5-15)29-19(21)22/h3-8,11,19H,9-10,12H2,1-2H3,(H,23,28). The van der Waals surface area contributed by atoms with E-state index in [1.54, 1.807) is 16.8 Å². The summed E-state index contributed by atoms with van der Waals surface area (Å²) in [6, 6.07) is 12.3. The Labute approximate surface area is 176 Å². The molecule has 7 nitrogen and oxygen atoms in total. The number of tetrazole rings is 1. The third-order valence-corrected chi connectivity index (χ3v) is 5.31. The summed E-state index contributed by atoms with van der Waals surface area (Å²) < 4.78 is 30.2. The third kappa shape index (κ3) is 5.99. The maximum absolute atomic E-state index is 12.2. The van der Waals surface area contributed by atoms with Crippen LogP contribution in [0, 0.1) is 13.8 Å². The predicted octanol–water partition coefficient (Wildman–Crippen LogP) is 3.33. The molecule has 0 aliphatic rings. The van der Waals surface area contributed by atoms with Gasteiger partial charge in [-0.25, -0.2) is 0 Å². The number of alkyl halides is 2. The van der Waals surface area contributed by atoms with Gasteiger partial charge in [-0.15, -0.1) is 5.10 Å². The predicted molar refractivity (Wildman–Crippen MR) is 109 cm³/mol. The fraction of sp³-hybridized carbons (Fsp3) is 0.300. The van der Waals surface area contributed by atoms with Crippen molar-refractivity contribution in [3.8, 4) is 11.4 Å². The second-order valence-corrected chi connectivity index (χ2v) is 7.50. The summed E-state index contributed by atoms with van der Waals surface area (Å²) in [5.41, 5.74) is 4.05. The van der Waals surface area contributed by atoms with Gasteiger partial charge in [0.2, 0.25) is 11.1 Å². The number of amides is 1. The Morgan fingerprint density at radius 3 is 2.63 bits per heavy atom. The second-order valence-electron chi connectivity index (χ2n) is 6.55. The van der Waals surface area contributed by atoms with Crippen molar-refractivity contribution in [2.24, 2.45) is 0 Å². The van der Waals surface area contributed by atoms with E-state index in [1.807, 2.05) is 32.0 Å². The van der Waals surface area contributed by atoms with E-state index in [0.29, 0.717) is 18.1 Å². The van der Waals surface area contributed by atoms with Gasteiger partial charge in [-0.1, -0.05) is 30.0 Å². The van der Waals surface area contributed by atoms with Crippen LogP contribution < -0.4 is 10.1 Å². The average molecular weight is 433 g/mol. The molecule has 1 aromatic heterocycles. The van der Waals surface area contributed by atoms with Gasteiger partial charge in [-0.05, 0) is 71.7 Å². The van der Waals surface area contributed by atoms with E-state index in [1.165, 1.54) is 29.5 Å². The number of rotatable bonds is 9. The number of aromatic nitrogens is 4. The van der Waals surface area contributed by atoms with E-state index < -0.39 is 6.61 Å². The van der Waals surface area contributed by atoms with Gasteiger partial charge in [0.15, 0.2) is 0 Å². The normalized spacial score (nSPS) is 11.0. The Hall–Kier alpha value is -3.01. The number of carbonyl (C=O) groups excluding carboxylic acids is 1. The number of carbonyl (C=O) groups is 1. The van der Waals surface area contributed by atoms with E-state index >= 15 is 0 Å². The zero-order valence-electron chi connectivity index (χ0n) is 16.5. The van der Waals surface area contributed by atoms with Crippen molar-refractivity contribution < 1.29 is 18.3 Å². The molecule has 0 saturated carbocycles. The molecule has 3 rings (SSSR count). The summed E-state index contributed by atoms with van der Waals surface area (Å²) in [6.45, 7) is 1.63. The van der Waals surface area contributed by atoms with E-state index in [2.05, 4.69) is 25.6 Å². The van der Waals surface area contributed by atoms with Gasteiger partial charge in [0.1, 0.15) is 5.75 Å². The maximum Gasteiger partial charge on any atom is 0.387 e. The summed E-state index contributed by atoms with van der Waals surface area (Å²) >= 11 is 1.25. The Morgan fingerprint density at radius 1 is 1.17 bits per heavy atom. The Kier molecular flexibility index (Phi) is 7.34. The van der Waals surface area contributed by atoms with Crippen molar-refractivity contribution in [1.82, 2.24) is 25.5 Å². The quantitative estimate of drug-likeness (QED) is 0.522. The van der Waals surface area contributed by atoms with Crippen molar-refractivity contribution in [2.75, 3.05) is 12.3 Å². The summed E-state index contributed by atoms with van der Waals surface area (Å²) in [4.78, 5) is 12.1. The molecule has 0 unspecified atom stereocenters. The average Bonchev–Trinajstić information content (AvgIpc) is 3.18. The van der Waals surface area contributed by atoms with Crippen molar-refractivity contribution in [3.05, 3.63) is 59.2 Å². The van der Waals surface area contributed by atoms with Crippen molar-refractivity contribution in [3.63, 3.8) is 0 Å². The zero-order chi connectivity index (χ0) is 21.5. The fourth-order valence-electron chi connectivity index (χ4n) is 2.65. The van der Waals surface area contributed by atoms with Crippen molar-refractivity contribution in [1.29, 1.82) is 0 Å². The molecule has 158 valence electrons. The van der Waals surface area contributed by atoms with Crippen LogP contribution in [-0.2, 0) is 11.2 Å². The lowest BCUT2D eigenvalue weighted by Crippen LogP contribution is -2.27. The molecule has 0 bridgehead atoms. The summed E-state index contributed by atoms with van der Waals surface area (Å²) in [6.07, 6.45) is 0.575. The summed E-state index contributed by atoms with van der Waals surface area (Å²) in [5, 5.41) is 15.1. The number of aryl methyl sites for hydroxylation is 2. The molecule has 3 aromatic rings. The molecule has 0 spiro atoms. The monoisotopic (exact) mass is 433 g/mol. The first-order valence-electron chi connectivity index (χ1n) is 9.21. The van der Waals surface area contributed by atoms with E-state index in [9.17, 15) is 13.6 Å². The second kappa shape index (κ2) is 10.1. The minimum Gasteiger partial charge on any atom is -0.435 e.